The highest BCUT2D eigenvalue weighted by Crippen LogP contribution is 2.23. The molecule has 1 aromatic heterocycles. The third-order valence-corrected chi connectivity index (χ3v) is 4.75. The number of hydrogen-bond acceptors (Lipinski definition) is 7. The summed E-state index contributed by atoms with van der Waals surface area (Å²) in [4.78, 5) is 30.5. The van der Waals surface area contributed by atoms with Gasteiger partial charge in [0.25, 0.3) is 0 Å². The van der Waals surface area contributed by atoms with Crippen molar-refractivity contribution in [1.29, 1.82) is 0 Å². The molecule has 0 unspecified atom stereocenters. The van der Waals surface area contributed by atoms with Gasteiger partial charge in [0.05, 0.1) is 18.5 Å². The Morgan fingerprint density at radius 3 is 2.11 bits per heavy atom. The summed E-state index contributed by atoms with van der Waals surface area (Å²) in [6.07, 6.45) is -1.38. The minimum Gasteiger partial charge on any atom is -0.481 e. The summed E-state index contributed by atoms with van der Waals surface area (Å²) >= 11 is 0. The first-order valence-corrected chi connectivity index (χ1v) is 10.8. The van der Waals surface area contributed by atoms with Crippen LogP contribution in [0, 0.1) is 17.0 Å². The first-order valence-electron chi connectivity index (χ1n) is 10.8. The van der Waals surface area contributed by atoms with E-state index in [0.717, 1.165) is 24.6 Å². The predicted molar refractivity (Wildman–Crippen MR) is 122 cm³/mol. The van der Waals surface area contributed by atoms with Crippen LogP contribution in [0.5, 0.6) is 5.88 Å². The zero-order valence-electron chi connectivity index (χ0n) is 20.2. The van der Waals surface area contributed by atoms with E-state index >= 15 is 0 Å². The summed E-state index contributed by atoms with van der Waals surface area (Å²) in [5, 5.41) is 38.2. The van der Waals surface area contributed by atoms with Gasteiger partial charge in [-0.2, -0.15) is 5.10 Å². The van der Waals surface area contributed by atoms with Gasteiger partial charge in [0.2, 0.25) is 5.88 Å². The minimum atomic E-state index is -2.74. The third-order valence-electron chi connectivity index (χ3n) is 4.75. The highest BCUT2D eigenvalue weighted by Gasteiger charge is 2.40. The molecule has 200 valence electrons. The lowest BCUT2D eigenvalue weighted by Gasteiger charge is -2.18. The van der Waals surface area contributed by atoms with Crippen LogP contribution in [0.1, 0.15) is 51.3 Å². The molecule has 36 heavy (non-hydrogen) atoms. The molecule has 2 aromatic rings. The highest BCUT2D eigenvalue weighted by atomic mass is 19.1. The maximum atomic E-state index is 13.7. The number of carboxylic acid groups (broad SMARTS) is 3. The van der Waals surface area contributed by atoms with E-state index in [4.69, 9.17) is 30.9 Å². The first-order chi connectivity index (χ1) is 16.6. The van der Waals surface area contributed by atoms with E-state index < -0.39 is 48.0 Å². The monoisotopic (exact) mass is 515 g/mol. The van der Waals surface area contributed by atoms with Crippen molar-refractivity contribution in [2.24, 2.45) is 11.1 Å². The SMILES string of the molecule is CC(C)(C)CCn1nc(CN)cc1OCc1cc(F)ccc1F.O=C(O)CC(O)(CC(=O)O)C(=O)O. The fraction of sp³-hybridized carbons (Fsp3) is 0.478. The van der Waals surface area contributed by atoms with Crippen LogP contribution in [-0.4, -0.2) is 53.7 Å². The molecule has 0 aliphatic heterocycles. The van der Waals surface area contributed by atoms with Crippen LogP contribution < -0.4 is 10.5 Å². The molecule has 0 fully saturated rings. The van der Waals surface area contributed by atoms with Crippen LogP contribution >= 0.6 is 0 Å². The molecule has 0 aliphatic rings. The number of aryl methyl sites for hydroxylation is 1. The number of halogens is 2. The number of rotatable bonds is 11. The topological polar surface area (TPSA) is 185 Å². The second-order valence-corrected chi connectivity index (χ2v) is 9.21. The fourth-order valence-electron chi connectivity index (χ4n) is 2.79. The van der Waals surface area contributed by atoms with Gasteiger partial charge in [0.1, 0.15) is 18.2 Å². The number of benzene rings is 1. The number of hydrogen-bond donors (Lipinski definition) is 5. The van der Waals surface area contributed by atoms with Crippen LogP contribution in [0.2, 0.25) is 0 Å². The molecule has 0 atom stereocenters. The van der Waals surface area contributed by atoms with Crippen molar-refractivity contribution in [3.05, 3.63) is 47.2 Å². The van der Waals surface area contributed by atoms with E-state index in [1.807, 2.05) is 0 Å². The Bertz CT molecular complexity index is 1050. The number of nitrogens with two attached hydrogens (primary N) is 1. The molecule has 2 rings (SSSR count). The molecule has 6 N–H and O–H groups in total. The average Bonchev–Trinajstić information content (AvgIpc) is 3.14. The molecule has 13 heteroatoms. The van der Waals surface area contributed by atoms with Crippen molar-refractivity contribution in [3.63, 3.8) is 0 Å². The molecule has 0 bridgehead atoms. The minimum absolute atomic E-state index is 0.0607. The molecule has 0 aliphatic carbocycles. The van der Waals surface area contributed by atoms with Gasteiger partial charge < -0.3 is 30.9 Å². The van der Waals surface area contributed by atoms with Crippen molar-refractivity contribution in [2.45, 2.75) is 65.3 Å². The lowest BCUT2D eigenvalue weighted by Crippen LogP contribution is -2.42. The van der Waals surface area contributed by atoms with Crippen LogP contribution in [0.15, 0.2) is 24.3 Å². The van der Waals surface area contributed by atoms with Crippen molar-refractivity contribution in [1.82, 2.24) is 9.78 Å². The Labute approximate surface area is 206 Å². The van der Waals surface area contributed by atoms with Crippen LogP contribution in [-0.2, 0) is 34.1 Å². The highest BCUT2D eigenvalue weighted by molar-refractivity contribution is 5.88. The maximum Gasteiger partial charge on any atom is 0.336 e. The van der Waals surface area contributed by atoms with Gasteiger partial charge in [0.15, 0.2) is 5.60 Å². The van der Waals surface area contributed by atoms with Gasteiger partial charge in [-0.1, -0.05) is 20.8 Å². The molecule has 1 heterocycles. The van der Waals surface area contributed by atoms with E-state index in [0.29, 0.717) is 24.7 Å². The smallest absolute Gasteiger partial charge is 0.336 e. The number of aliphatic hydroxyl groups is 1. The number of carbonyl (C=O) groups is 3. The fourth-order valence-corrected chi connectivity index (χ4v) is 2.79. The summed E-state index contributed by atoms with van der Waals surface area (Å²) in [6.45, 7) is 7.33. The largest absolute Gasteiger partial charge is 0.481 e. The quantitative estimate of drug-likeness (QED) is 0.297. The van der Waals surface area contributed by atoms with Gasteiger partial charge in [-0.05, 0) is 30.0 Å². The summed E-state index contributed by atoms with van der Waals surface area (Å²) in [5.41, 5.74) is 3.91. The Morgan fingerprint density at radius 1 is 1.06 bits per heavy atom. The van der Waals surface area contributed by atoms with Gasteiger partial charge in [-0.3, -0.25) is 9.59 Å². The Kier molecular flexibility index (Phi) is 10.9. The van der Waals surface area contributed by atoms with E-state index in [1.54, 1.807) is 10.7 Å². The number of nitrogens with zero attached hydrogens (tertiary/aromatic N) is 2. The number of aromatic nitrogens is 2. The van der Waals surface area contributed by atoms with E-state index in [9.17, 15) is 23.2 Å². The molecular formula is C23H31F2N3O8. The zero-order valence-corrected chi connectivity index (χ0v) is 20.2. The Morgan fingerprint density at radius 2 is 1.64 bits per heavy atom. The van der Waals surface area contributed by atoms with Crippen LogP contribution in [0.25, 0.3) is 0 Å². The van der Waals surface area contributed by atoms with E-state index in [-0.39, 0.29) is 17.6 Å². The predicted octanol–water partition coefficient (Wildman–Crippen LogP) is 2.39. The standard InChI is InChI=1S/C17H23F2N3O.C6H8O7/c1-17(2,3)6-7-22-16(9-14(10-20)21-22)23-11-12-8-13(18)4-5-15(12)19;7-3(8)1-6(13,5(11)12)2-4(9)10/h4-5,8-9H,6-7,10-11,20H2,1-3H3;13H,1-2H2,(H,7,8)(H,9,10)(H,11,12). The van der Waals surface area contributed by atoms with Crippen molar-refractivity contribution in [3.8, 4) is 5.88 Å². The Hall–Kier alpha value is -3.58. The lowest BCUT2D eigenvalue weighted by molar-refractivity contribution is -0.170. The molecule has 0 saturated carbocycles. The normalized spacial score (nSPS) is 11.4. The molecule has 0 amide bonds. The summed E-state index contributed by atoms with van der Waals surface area (Å²) in [7, 11) is 0. The molecule has 0 radical (unpaired) electrons. The number of aliphatic carboxylic acids is 3. The van der Waals surface area contributed by atoms with Gasteiger partial charge >= 0.3 is 17.9 Å². The third kappa shape index (κ3) is 10.4. The molecule has 1 aromatic carbocycles. The summed E-state index contributed by atoms with van der Waals surface area (Å²) in [6, 6.07) is 5.05. The van der Waals surface area contributed by atoms with Crippen LogP contribution in [0.3, 0.4) is 0 Å². The van der Waals surface area contributed by atoms with E-state index in [1.165, 1.54) is 0 Å². The second-order valence-electron chi connectivity index (χ2n) is 9.21. The number of ether oxygens (including phenoxy) is 1. The molecule has 0 spiro atoms. The van der Waals surface area contributed by atoms with Gasteiger partial charge in [-0.25, -0.2) is 18.3 Å². The number of carboxylic acids is 3. The second kappa shape index (κ2) is 12.9. The summed E-state index contributed by atoms with van der Waals surface area (Å²) in [5.74, 6) is -5.49. The van der Waals surface area contributed by atoms with Crippen molar-refractivity contribution >= 4 is 17.9 Å². The molecular weight excluding hydrogens is 484 g/mol. The van der Waals surface area contributed by atoms with Crippen molar-refractivity contribution < 1.29 is 48.3 Å². The zero-order chi connectivity index (χ0) is 27.7. The first kappa shape index (κ1) is 30.5. The van der Waals surface area contributed by atoms with E-state index in [2.05, 4.69) is 25.9 Å². The molecule has 11 nitrogen and oxygen atoms in total. The van der Waals surface area contributed by atoms with Crippen molar-refractivity contribution in [2.75, 3.05) is 0 Å². The maximum absolute atomic E-state index is 13.7. The average molecular weight is 516 g/mol. The van der Waals surface area contributed by atoms with Gasteiger partial charge in [-0.15, -0.1) is 0 Å². The molecule has 0 saturated heterocycles. The lowest BCUT2D eigenvalue weighted by atomic mass is 9.92. The Balaban J connectivity index is 0.000000426. The summed E-state index contributed by atoms with van der Waals surface area (Å²) < 4.78 is 34.2. The van der Waals surface area contributed by atoms with Crippen LogP contribution in [0.4, 0.5) is 8.78 Å². The van der Waals surface area contributed by atoms with Gasteiger partial charge in [0, 0.05) is 24.7 Å².